The Kier molecular flexibility index (Phi) is 3.45. The third-order valence-corrected chi connectivity index (χ3v) is 3.52. The van der Waals surface area contributed by atoms with E-state index in [0.29, 0.717) is 13.0 Å². The average molecular weight is 248 g/mol. The molecule has 0 unspecified atom stereocenters. The molecule has 1 saturated carbocycles. The van der Waals surface area contributed by atoms with Crippen LogP contribution in [-0.2, 0) is 0 Å². The maximum Gasteiger partial charge on any atom is 0.139 e. The van der Waals surface area contributed by atoms with Crippen LogP contribution >= 0.6 is 0 Å². The Morgan fingerprint density at radius 2 is 2.17 bits per heavy atom. The highest BCUT2D eigenvalue weighted by molar-refractivity contribution is 5.80. The number of amidine groups is 1. The van der Waals surface area contributed by atoms with E-state index in [-0.39, 0.29) is 11.3 Å². The van der Waals surface area contributed by atoms with Gasteiger partial charge in [0.25, 0.3) is 0 Å². The van der Waals surface area contributed by atoms with Crippen LogP contribution in [0.15, 0.2) is 23.4 Å². The molecule has 18 heavy (non-hydrogen) atoms. The highest BCUT2D eigenvalue weighted by Crippen LogP contribution is 2.49. The molecule has 1 aliphatic rings. The van der Waals surface area contributed by atoms with Crippen LogP contribution in [0.3, 0.4) is 0 Å². The second-order valence-corrected chi connectivity index (χ2v) is 5.33. The third kappa shape index (κ3) is 2.94. The molecular weight excluding hydrogens is 228 g/mol. The molecule has 4 nitrogen and oxygen atoms in total. The van der Waals surface area contributed by atoms with Crippen molar-refractivity contribution in [2.24, 2.45) is 16.3 Å². The number of oxime groups is 1. The number of rotatable bonds is 5. The van der Waals surface area contributed by atoms with Gasteiger partial charge in [-0.05, 0) is 43.9 Å². The summed E-state index contributed by atoms with van der Waals surface area (Å²) in [6.07, 6.45) is 2.76. The summed E-state index contributed by atoms with van der Waals surface area (Å²) in [5.41, 5.74) is 7.97. The molecule has 0 saturated heterocycles. The number of nitrogens with two attached hydrogens (primary N) is 1. The molecule has 0 atom stereocenters. The van der Waals surface area contributed by atoms with E-state index in [9.17, 15) is 0 Å². The Balaban J connectivity index is 1.97. The normalized spacial score (nSPS) is 17.6. The van der Waals surface area contributed by atoms with Gasteiger partial charge in [-0.1, -0.05) is 17.3 Å². The molecule has 1 aromatic rings. The molecule has 0 aliphatic heterocycles. The lowest BCUT2D eigenvalue weighted by Crippen LogP contribution is -2.22. The van der Waals surface area contributed by atoms with Gasteiger partial charge in [0.1, 0.15) is 11.6 Å². The molecule has 0 heterocycles. The summed E-state index contributed by atoms with van der Waals surface area (Å²) in [5, 5.41) is 11.7. The Labute approximate surface area is 107 Å². The second-order valence-electron chi connectivity index (χ2n) is 5.33. The van der Waals surface area contributed by atoms with E-state index in [4.69, 9.17) is 15.7 Å². The maximum absolute atomic E-state index is 8.61. The molecule has 0 aromatic heterocycles. The number of hydrogen-bond acceptors (Lipinski definition) is 3. The topological polar surface area (TPSA) is 67.8 Å². The number of benzene rings is 1. The summed E-state index contributed by atoms with van der Waals surface area (Å²) in [6.45, 7) is 4.72. The Bertz CT molecular complexity index is 465. The van der Waals surface area contributed by atoms with Gasteiger partial charge in [0.05, 0.1) is 6.61 Å². The third-order valence-electron chi connectivity index (χ3n) is 3.52. The summed E-state index contributed by atoms with van der Waals surface area (Å²) in [6, 6.07) is 6.19. The summed E-state index contributed by atoms with van der Waals surface area (Å²) in [7, 11) is 0. The SMILES string of the molecule is Cc1ccc(C)c(OCC2(CC(N)=NO)CC2)c1. The van der Waals surface area contributed by atoms with Crippen LogP contribution < -0.4 is 10.5 Å². The van der Waals surface area contributed by atoms with Crippen molar-refractivity contribution in [3.8, 4) is 5.75 Å². The van der Waals surface area contributed by atoms with E-state index in [1.807, 2.05) is 6.92 Å². The van der Waals surface area contributed by atoms with Crippen molar-refractivity contribution in [2.75, 3.05) is 6.61 Å². The fourth-order valence-electron chi connectivity index (χ4n) is 2.06. The lowest BCUT2D eigenvalue weighted by Gasteiger charge is -2.17. The predicted molar refractivity (Wildman–Crippen MR) is 71.1 cm³/mol. The van der Waals surface area contributed by atoms with E-state index < -0.39 is 0 Å². The molecule has 2 rings (SSSR count). The van der Waals surface area contributed by atoms with Crippen LogP contribution in [-0.4, -0.2) is 17.6 Å². The molecule has 0 spiro atoms. The van der Waals surface area contributed by atoms with Crippen LogP contribution in [0.2, 0.25) is 0 Å². The van der Waals surface area contributed by atoms with Crippen LogP contribution in [0.4, 0.5) is 0 Å². The molecule has 0 bridgehead atoms. The molecular formula is C14H20N2O2. The van der Waals surface area contributed by atoms with Crippen molar-refractivity contribution in [3.63, 3.8) is 0 Å². The molecule has 1 aliphatic carbocycles. The quantitative estimate of drug-likeness (QED) is 0.364. The van der Waals surface area contributed by atoms with Gasteiger partial charge in [0.15, 0.2) is 0 Å². The van der Waals surface area contributed by atoms with Crippen LogP contribution in [0.25, 0.3) is 0 Å². The lowest BCUT2D eigenvalue weighted by molar-refractivity contribution is 0.235. The van der Waals surface area contributed by atoms with Gasteiger partial charge < -0.3 is 15.7 Å². The smallest absolute Gasteiger partial charge is 0.139 e. The standard InChI is InChI=1S/C14H20N2O2/c1-10-3-4-11(2)12(7-10)18-9-14(5-6-14)8-13(15)16-17/h3-4,7,17H,5-6,8-9H2,1-2H3,(H2,15,16). The molecule has 3 N–H and O–H groups in total. The first-order valence-corrected chi connectivity index (χ1v) is 6.21. The highest BCUT2D eigenvalue weighted by Gasteiger charge is 2.44. The zero-order valence-electron chi connectivity index (χ0n) is 10.9. The summed E-state index contributed by atoms with van der Waals surface area (Å²) in [5.74, 6) is 1.22. The van der Waals surface area contributed by atoms with Crippen molar-refractivity contribution < 1.29 is 9.94 Å². The predicted octanol–water partition coefficient (Wildman–Crippen LogP) is 2.60. The molecule has 0 radical (unpaired) electrons. The second kappa shape index (κ2) is 4.88. The van der Waals surface area contributed by atoms with Gasteiger partial charge in [-0.15, -0.1) is 0 Å². The van der Waals surface area contributed by atoms with Gasteiger partial charge in [0, 0.05) is 11.8 Å². The molecule has 4 heteroatoms. The first-order chi connectivity index (χ1) is 8.54. The highest BCUT2D eigenvalue weighted by atomic mass is 16.5. The van der Waals surface area contributed by atoms with Gasteiger partial charge in [0.2, 0.25) is 0 Å². The number of nitrogens with zero attached hydrogens (tertiary/aromatic N) is 1. The minimum Gasteiger partial charge on any atom is -0.493 e. The lowest BCUT2D eigenvalue weighted by atomic mass is 10.0. The zero-order valence-corrected chi connectivity index (χ0v) is 10.9. The maximum atomic E-state index is 8.61. The van der Waals surface area contributed by atoms with Gasteiger partial charge in [-0.3, -0.25) is 0 Å². The average Bonchev–Trinajstić information content (AvgIpc) is 3.10. The number of hydrogen-bond donors (Lipinski definition) is 2. The molecule has 98 valence electrons. The Morgan fingerprint density at radius 1 is 1.44 bits per heavy atom. The van der Waals surface area contributed by atoms with Crippen LogP contribution in [0.1, 0.15) is 30.4 Å². The molecule has 0 amide bonds. The number of ether oxygens (including phenoxy) is 1. The fraction of sp³-hybridized carbons (Fsp3) is 0.500. The Morgan fingerprint density at radius 3 is 2.78 bits per heavy atom. The van der Waals surface area contributed by atoms with Gasteiger partial charge in [-0.25, -0.2) is 0 Å². The van der Waals surface area contributed by atoms with Gasteiger partial charge in [-0.2, -0.15) is 0 Å². The summed E-state index contributed by atoms with van der Waals surface area (Å²) < 4.78 is 5.90. The van der Waals surface area contributed by atoms with Crippen molar-refractivity contribution in [2.45, 2.75) is 33.1 Å². The first kappa shape index (κ1) is 12.7. The van der Waals surface area contributed by atoms with Crippen LogP contribution in [0.5, 0.6) is 5.75 Å². The first-order valence-electron chi connectivity index (χ1n) is 6.21. The van der Waals surface area contributed by atoms with Crippen molar-refractivity contribution >= 4 is 5.84 Å². The van der Waals surface area contributed by atoms with E-state index >= 15 is 0 Å². The largest absolute Gasteiger partial charge is 0.493 e. The Hall–Kier alpha value is -1.71. The molecule has 1 aromatic carbocycles. The zero-order chi connectivity index (χ0) is 13.2. The van der Waals surface area contributed by atoms with E-state index in [1.165, 1.54) is 5.56 Å². The van der Waals surface area contributed by atoms with Crippen LogP contribution in [0, 0.1) is 19.3 Å². The number of aryl methyl sites for hydroxylation is 2. The van der Waals surface area contributed by atoms with E-state index in [1.54, 1.807) is 0 Å². The summed E-state index contributed by atoms with van der Waals surface area (Å²) in [4.78, 5) is 0. The molecule has 1 fully saturated rings. The minimum absolute atomic E-state index is 0.0759. The minimum atomic E-state index is 0.0759. The summed E-state index contributed by atoms with van der Waals surface area (Å²) >= 11 is 0. The van der Waals surface area contributed by atoms with Crippen molar-refractivity contribution in [3.05, 3.63) is 29.3 Å². The van der Waals surface area contributed by atoms with E-state index in [2.05, 4.69) is 30.3 Å². The monoisotopic (exact) mass is 248 g/mol. The van der Waals surface area contributed by atoms with Gasteiger partial charge >= 0.3 is 0 Å². The van der Waals surface area contributed by atoms with E-state index in [0.717, 1.165) is 24.2 Å². The van der Waals surface area contributed by atoms with Crippen molar-refractivity contribution in [1.82, 2.24) is 0 Å². The fourth-order valence-corrected chi connectivity index (χ4v) is 2.06. The van der Waals surface area contributed by atoms with Crippen molar-refractivity contribution in [1.29, 1.82) is 0 Å².